The maximum atomic E-state index is 11.0. The van der Waals surface area contributed by atoms with E-state index < -0.39 is 10.2 Å². The van der Waals surface area contributed by atoms with Gasteiger partial charge in [-0.1, -0.05) is 11.6 Å². The van der Waals surface area contributed by atoms with Crippen molar-refractivity contribution in [3.05, 3.63) is 17.5 Å². The Balaban J connectivity index is 2.87. The summed E-state index contributed by atoms with van der Waals surface area (Å²) in [5.74, 6) is 0.120. The van der Waals surface area contributed by atoms with Gasteiger partial charge in [-0.05, 0) is 0 Å². The Kier molecular flexibility index (Phi) is 3.02. The second-order valence-electron chi connectivity index (χ2n) is 2.04. The van der Waals surface area contributed by atoms with E-state index in [2.05, 4.69) is 19.4 Å². The summed E-state index contributed by atoms with van der Waals surface area (Å²) in [4.78, 5) is 7.24. The van der Waals surface area contributed by atoms with E-state index in [1.54, 1.807) is 0 Å². The van der Waals surface area contributed by atoms with Crippen LogP contribution in [0, 0.1) is 0 Å². The second-order valence-corrected chi connectivity index (χ2v) is 4.04. The first-order valence-corrected chi connectivity index (χ1v) is 5.08. The normalized spacial score (nSPS) is 11.2. The van der Waals surface area contributed by atoms with Gasteiger partial charge in [0.25, 0.3) is 10.2 Å². The number of anilines is 1. The van der Waals surface area contributed by atoms with Crippen LogP contribution in [0.1, 0.15) is 0 Å². The lowest BCUT2D eigenvalue weighted by atomic mass is 10.6. The van der Waals surface area contributed by atoms with Crippen molar-refractivity contribution in [2.75, 3.05) is 11.8 Å². The Morgan fingerprint density at radius 2 is 2.15 bits per heavy atom. The largest absolute Gasteiger partial charge is 0.300 e. The third-order valence-corrected chi connectivity index (χ3v) is 2.36. The molecule has 0 aliphatic carbocycles. The minimum atomic E-state index is -3.54. The molecule has 0 bridgehead atoms. The molecule has 0 unspecified atom stereocenters. The first-order valence-electron chi connectivity index (χ1n) is 3.22. The molecular weight excluding hydrogens is 216 g/mol. The first kappa shape index (κ1) is 10.2. The predicted molar refractivity (Wildman–Crippen MR) is 48.6 cm³/mol. The molecule has 0 aromatic carbocycles. The van der Waals surface area contributed by atoms with Crippen molar-refractivity contribution in [2.45, 2.75) is 0 Å². The summed E-state index contributed by atoms with van der Waals surface area (Å²) in [5, 5.41) is 0.170. The molecule has 1 aromatic heterocycles. The predicted octanol–water partition coefficient (Wildman–Crippen LogP) is 0.00610. The van der Waals surface area contributed by atoms with Gasteiger partial charge in [0, 0.05) is 13.1 Å². The lowest BCUT2D eigenvalue weighted by molar-refractivity contribution is 0.593. The zero-order valence-corrected chi connectivity index (χ0v) is 8.22. The third-order valence-electron chi connectivity index (χ3n) is 1.14. The summed E-state index contributed by atoms with van der Waals surface area (Å²) < 4.78 is 26.1. The summed E-state index contributed by atoms with van der Waals surface area (Å²) in [6.07, 6.45) is 1.16. The van der Waals surface area contributed by atoms with Crippen LogP contribution >= 0.6 is 11.6 Å². The Hall–Kier alpha value is -0.920. The monoisotopic (exact) mass is 222 g/mol. The molecule has 1 heterocycles. The molecule has 0 saturated carbocycles. The van der Waals surface area contributed by atoms with Gasteiger partial charge < -0.3 is 0 Å². The molecule has 0 radical (unpaired) electrons. The average molecular weight is 223 g/mol. The van der Waals surface area contributed by atoms with Crippen LogP contribution in [-0.4, -0.2) is 25.4 Å². The van der Waals surface area contributed by atoms with Crippen molar-refractivity contribution in [2.24, 2.45) is 0 Å². The molecule has 8 heteroatoms. The highest BCUT2D eigenvalue weighted by molar-refractivity contribution is 7.90. The fourth-order valence-corrected chi connectivity index (χ4v) is 1.21. The number of hydrogen-bond donors (Lipinski definition) is 2. The number of rotatable bonds is 3. The number of aromatic nitrogens is 2. The van der Waals surface area contributed by atoms with Gasteiger partial charge in [0.05, 0.1) is 0 Å². The van der Waals surface area contributed by atoms with Crippen LogP contribution < -0.4 is 9.44 Å². The number of halogens is 1. The summed E-state index contributed by atoms with van der Waals surface area (Å²) in [5.41, 5.74) is 0. The van der Waals surface area contributed by atoms with Gasteiger partial charge in [-0.15, -0.1) is 0 Å². The Morgan fingerprint density at radius 3 is 2.69 bits per heavy atom. The summed E-state index contributed by atoms with van der Waals surface area (Å²) in [6.45, 7) is 0. The molecule has 0 fully saturated rings. The van der Waals surface area contributed by atoms with Crippen LogP contribution in [0.25, 0.3) is 0 Å². The van der Waals surface area contributed by atoms with E-state index in [0.29, 0.717) is 0 Å². The van der Waals surface area contributed by atoms with E-state index in [1.807, 2.05) is 0 Å². The van der Waals surface area contributed by atoms with Crippen molar-refractivity contribution in [3.8, 4) is 0 Å². The van der Waals surface area contributed by atoms with Crippen LogP contribution in [0.3, 0.4) is 0 Å². The highest BCUT2D eigenvalue weighted by Gasteiger charge is 2.06. The maximum Gasteiger partial charge on any atom is 0.300 e. The van der Waals surface area contributed by atoms with E-state index in [0.717, 1.165) is 6.33 Å². The van der Waals surface area contributed by atoms with E-state index in [1.165, 1.54) is 13.1 Å². The Morgan fingerprint density at radius 1 is 1.46 bits per heavy atom. The topological polar surface area (TPSA) is 84.0 Å². The van der Waals surface area contributed by atoms with E-state index >= 15 is 0 Å². The molecule has 0 saturated heterocycles. The summed E-state index contributed by atoms with van der Waals surface area (Å²) in [6, 6.07) is 1.30. The van der Waals surface area contributed by atoms with Crippen molar-refractivity contribution in [3.63, 3.8) is 0 Å². The third kappa shape index (κ3) is 3.13. The number of hydrogen-bond acceptors (Lipinski definition) is 4. The molecule has 13 heavy (non-hydrogen) atoms. The number of nitrogens with one attached hydrogen (secondary N) is 2. The van der Waals surface area contributed by atoms with Crippen LogP contribution in [0.5, 0.6) is 0 Å². The molecule has 0 aliphatic rings. The highest BCUT2D eigenvalue weighted by atomic mass is 35.5. The lowest BCUT2D eigenvalue weighted by Gasteiger charge is -2.04. The zero-order chi connectivity index (χ0) is 9.90. The standard InChI is InChI=1S/C5H7ClN4O2S/c1-7-13(11,12)10-5-2-4(6)8-3-9-5/h2-3,7H,1H3,(H,8,9,10). The molecule has 6 nitrogen and oxygen atoms in total. The first-order chi connectivity index (χ1) is 6.03. The molecule has 0 aliphatic heterocycles. The van der Waals surface area contributed by atoms with Gasteiger partial charge in [0.15, 0.2) is 0 Å². The van der Waals surface area contributed by atoms with E-state index in [-0.39, 0.29) is 11.0 Å². The second kappa shape index (κ2) is 3.86. The van der Waals surface area contributed by atoms with Crippen LogP contribution in [-0.2, 0) is 10.2 Å². The van der Waals surface area contributed by atoms with Crippen molar-refractivity contribution < 1.29 is 8.42 Å². The molecule has 2 N–H and O–H groups in total. The fraction of sp³-hybridized carbons (Fsp3) is 0.200. The maximum absolute atomic E-state index is 11.0. The molecule has 72 valence electrons. The van der Waals surface area contributed by atoms with Crippen LogP contribution in [0.4, 0.5) is 5.82 Å². The zero-order valence-electron chi connectivity index (χ0n) is 6.65. The minimum Gasteiger partial charge on any atom is -0.255 e. The summed E-state index contributed by atoms with van der Waals surface area (Å²) >= 11 is 5.51. The Labute approximate surface area is 80.5 Å². The van der Waals surface area contributed by atoms with Crippen LogP contribution in [0.15, 0.2) is 12.4 Å². The molecule has 0 atom stereocenters. The molecule has 1 aromatic rings. The van der Waals surface area contributed by atoms with Gasteiger partial charge >= 0.3 is 0 Å². The minimum absolute atomic E-state index is 0.120. The summed E-state index contributed by atoms with van der Waals surface area (Å²) in [7, 11) is -2.26. The molecular formula is C5H7ClN4O2S. The molecule has 0 amide bonds. The van der Waals surface area contributed by atoms with E-state index in [9.17, 15) is 8.42 Å². The SMILES string of the molecule is CNS(=O)(=O)Nc1cc(Cl)ncn1. The molecule has 1 rings (SSSR count). The van der Waals surface area contributed by atoms with Crippen molar-refractivity contribution >= 4 is 27.6 Å². The lowest BCUT2D eigenvalue weighted by Crippen LogP contribution is -2.26. The van der Waals surface area contributed by atoms with Gasteiger partial charge in [0.1, 0.15) is 17.3 Å². The Bertz CT molecular complexity index is 393. The van der Waals surface area contributed by atoms with Gasteiger partial charge in [-0.25, -0.2) is 14.7 Å². The quantitative estimate of drug-likeness (QED) is 0.706. The smallest absolute Gasteiger partial charge is 0.255 e. The average Bonchev–Trinajstić information content (AvgIpc) is 2.03. The highest BCUT2D eigenvalue weighted by Crippen LogP contribution is 2.08. The fourth-order valence-electron chi connectivity index (χ4n) is 0.578. The molecule has 0 spiro atoms. The van der Waals surface area contributed by atoms with Crippen molar-refractivity contribution in [1.82, 2.24) is 14.7 Å². The van der Waals surface area contributed by atoms with Gasteiger partial charge in [0.2, 0.25) is 0 Å². The van der Waals surface area contributed by atoms with Gasteiger partial charge in [-0.3, -0.25) is 4.72 Å². The van der Waals surface area contributed by atoms with Gasteiger partial charge in [-0.2, -0.15) is 8.42 Å². The van der Waals surface area contributed by atoms with Crippen LogP contribution in [0.2, 0.25) is 5.15 Å². The van der Waals surface area contributed by atoms with Crippen molar-refractivity contribution in [1.29, 1.82) is 0 Å². The van der Waals surface area contributed by atoms with E-state index in [4.69, 9.17) is 11.6 Å². The number of nitrogens with zero attached hydrogens (tertiary/aromatic N) is 2.